The Labute approximate surface area is 138 Å². The molecule has 1 amide bonds. The third-order valence-electron chi connectivity index (χ3n) is 2.99. The number of hydrazine groups is 1. The molecular formula is C13H15ClN4OS2. The predicted octanol–water partition coefficient (Wildman–Crippen LogP) is 2.25. The maximum atomic E-state index is 11.5. The number of hydrogen-bond donors (Lipinski definition) is 4. The van der Waals surface area contributed by atoms with Crippen molar-refractivity contribution in [2.75, 3.05) is 5.32 Å². The quantitative estimate of drug-likeness (QED) is 0.488. The largest absolute Gasteiger partial charge is 0.331 e. The summed E-state index contributed by atoms with van der Waals surface area (Å²) in [4.78, 5) is 11.5. The summed E-state index contributed by atoms with van der Waals surface area (Å²) in [6.45, 7) is 1.89. The minimum Gasteiger partial charge on any atom is -0.331 e. The number of anilines is 1. The van der Waals surface area contributed by atoms with E-state index in [0.717, 1.165) is 24.1 Å². The van der Waals surface area contributed by atoms with E-state index in [-0.39, 0.29) is 16.9 Å². The Bertz CT molecular complexity index is 590. The lowest BCUT2D eigenvalue weighted by molar-refractivity contribution is -0.120. The summed E-state index contributed by atoms with van der Waals surface area (Å²) >= 11 is 16.2. The molecule has 21 heavy (non-hydrogen) atoms. The van der Waals surface area contributed by atoms with Gasteiger partial charge in [0.1, 0.15) is 0 Å². The van der Waals surface area contributed by atoms with E-state index < -0.39 is 0 Å². The van der Waals surface area contributed by atoms with Crippen LogP contribution in [0.1, 0.15) is 18.4 Å². The Morgan fingerprint density at radius 2 is 1.90 bits per heavy atom. The van der Waals surface area contributed by atoms with Gasteiger partial charge in [0.05, 0.1) is 0 Å². The van der Waals surface area contributed by atoms with Crippen molar-refractivity contribution < 1.29 is 4.79 Å². The van der Waals surface area contributed by atoms with Crippen molar-refractivity contribution in [3.05, 3.63) is 28.8 Å². The fourth-order valence-corrected chi connectivity index (χ4v) is 2.09. The lowest BCUT2D eigenvalue weighted by Crippen LogP contribution is -2.50. The molecule has 0 spiro atoms. The van der Waals surface area contributed by atoms with Gasteiger partial charge in [0.15, 0.2) is 10.2 Å². The van der Waals surface area contributed by atoms with Gasteiger partial charge in [0, 0.05) is 16.6 Å². The molecule has 0 atom stereocenters. The van der Waals surface area contributed by atoms with E-state index in [1.807, 2.05) is 19.1 Å². The lowest BCUT2D eigenvalue weighted by Gasteiger charge is -2.15. The van der Waals surface area contributed by atoms with E-state index in [1.165, 1.54) is 0 Å². The first kappa shape index (κ1) is 15.9. The zero-order chi connectivity index (χ0) is 15.4. The van der Waals surface area contributed by atoms with Crippen LogP contribution >= 0.6 is 36.0 Å². The molecule has 1 fully saturated rings. The summed E-state index contributed by atoms with van der Waals surface area (Å²) in [6, 6.07) is 5.50. The molecule has 4 N–H and O–H groups in total. The van der Waals surface area contributed by atoms with Gasteiger partial charge in [-0.05, 0) is 61.9 Å². The Morgan fingerprint density at radius 3 is 2.57 bits per heavy atom. The number of halogens is 1. The van der Waals surface area contributed by atoms with Crippen molar-refractivity contribution in [1.29, 1.82) is 0 Å². The predicted molar refractivity (Wildman–Crippen MR) is 92.1 cm³/mol. The van der Waals surface area contributed by atoms with Crippen LogP contribution in [0.3, 0.4) is 0 Å². The Kier molecular flexibility index (Phi) is 5.33. The zero-order valence-corrected chi connectivity index (χ0v) is 13.7. The minimum atomic E-state index is -0.0566. The zero-order valence-electron chi connectivity index (χ0n) is 11.3. The highest BCUT2D eigenvalue weighted by molar-refractivity contribution is 7.80. The number of benzene rings is 1. The molecule has 1 aliphatic rings. The molecule has 0 aliphatic heterocycles. The first-order valence-corrected chi connectivity index (χ1v) is 7.60. The molecule has 2 rings (SSSR count). The molecule has 0 heterocycles. The summed E-state index contributed by atoms with van der Waals surface area (Å²) in [7, 11) is 0. The van der Waals surface area contributed by atoms with Gasteiger partial charge in [0.25, 0.3) is 0 Å². The summed E-state index contributed by atoms with van der Waals surface area (Å²) in [5.74, 6) is 0.0443. The summed E-state index contributed by atoms with van der Waals surface area (Å²) in [6.07, 6.45) is 1.85. The SMILES string of the molecule is Cc1c(Cl)cccc1NC(=S)NNC(=S)NC(=O)C1CC1. The van der Waals surface area contributed by atoms with Crippen LogP contribution in [0.5, 0.6) is 0 Å². The standard InChI is InChI=1S/C13H15ClN4OS2/c1-7-9(14)3-2-4-10(7)15-12(20)17-18-13(21)16-11(19)8-5-6-8/h2-4,8H,5-6H2,1H3,(H2,15,17,20)(H2,16,18,19,21). The molecule has 1 saturated carbocycles. The van der Waals surface area contributed by atoms with Crippen molar-refractivity contribution in [2.24, 2.45) is 5.92 Å². The number of nitrogens with one attached hydrogen (secondary N) is 4. The smallest absolute Gasteiger partial charge is 0.229 e. The van der Waals surface area contributed by atoms with Gasteiger partial charge in [-0.15, -0.1) is 0 Å². The molecule has 0 saturated heterocycles. The van der Waals surface area contributed by atoms with E-state index in [4.69, 9.17) is 36.0 Å². The fraction of sp³-hybridized carbons (Fsp3) is 0.308. The van der Waals surface area contributed by atoms with Crippen LogP contribution in [0.4, 0.5) is 5.69 Å². The number of amides is 1. The highest BCUT2D eigenvalue weighted by Crippen LogP contribution is 2.28. The minimum absolute atomic E-state index is 0.0566. The molecular weight excluding hydrogens is 328 g/mol. The molecule has 1 aromatic rings. The Balaban J connectivity index is 1.77. The van der Waals surface area contributed by atoms with Gasteiger partial charge in [-0.3, -0.25) is 15.6 Å². The average molecular weight is 343 g/mol. The fourth-order valence-electron chi connectivity index (χ4n) is 1.60. The normalized spacial score (nSPS) is 13.2. The maximum absolute atomic E-state index is 11.5. The van der Waals surface area contributed by atoms with E-state index in [0.29, 0.717) is 10.1 Å². The number of rotatable bonds is 2. The van der Waals surface area contributed by atoms with E-state index in [2.05, 4.69) is 21.5 Å². The highest BCUT2D eigenvalue weighted by atomic mass is 35.5. The van der Waals surface area contributed by atoms with Crippen LogP contribution in [0.2, 0.25) is 5.02 Å². The summed E-state index contributed by atoms with van der Waals surface area (Å²) in [5, 5.41) is 6.76. The highest BCUT2D eigenvalue weighted by Gasteiger charge is 2.29. The monoisotopic (exact) mass is 342 g/mol. The molecule has 5 nitrogen and oxygen atoms in total. The molecule has 0 aromatic heterocycles. The van der Waals surface area contributed by atoms with Gasteiger partial charge in [-0.1, -0.05) is 17.7 Å². The molecule has 0 radical (unpaired) electrons. The van der Waals surface area contributed by atoms with Crippen molar-refractivity contribution in [3.63, 3.8) is 0 Å². The van der Waals surface area contributed by atoms with Crippen LogP contribution in [-0.4, -0.2) is 16.1 Å². The summed E-state index contributed by atoms with van der Waals surface area (Å²) < 4.78 is 0. The molecule has 1 aliphatic carbocycles. The van der Waals surface area contributed by atoms with Crippen LogP contribution in [0, 0.1) is 12.8 Å². The van der Waals surface area contributed by atoms with Crippen molar-refractivity contribution in [3.8, 4) is 0 Å². The van der Waals surface area contributed by atoms with Gasteiger partial charge in [-0.25, -0.2) is 0 Å². The number of carbonyl (C=O) groups is 1. The number of hydrogen-bond acceptors (Lipinski definition) is 3. The molecule has 1 aromatic carbocycles. The molecule has 0 bridgehead atoms. The van der Waals surface area contributed by atoms with Gasteiger partial charge < -0.3 is 10.6 Å². The topological polar surface area (TPSA) is 65.2 Å². The molecule has 0 unspecified atom stereocenters. The second kappa shape index (κ2) is 7.02. The van der Waals surface area contributed by atoms with Gasteiger partial charge in [0.2, 0.25) is 5.91 Å². The van der Waals surface area contributed by atoms with Gasteiger partial charge >= 0.3 is 0 Å². The second-order valence-electron chi connectivity index (χ2n) is 4.71. The lowest BCUT2D eigenvalue weighted by atomic mass is 10.2. The Hall–Kier alpha value is -1.44. The van der Waals surface area contributed by atoms with E-state index in [9.17, 15) is 4.79 Å². The number of carbonyl (C=O) groups excluding carboxylic acids is 1. The van der Waals surface area contributed by atoms with E-state index in [1.54, 1.807) is 6.07 Å². The van der Waals surface area contributed by atoms with Crippen molar-refractivity contribution >= 4 is 57.9 Å². The average Bonchev–Trinajstić information content (AvgIpc) is 3.26. The van der Waals surface area contributed by atoms with E-state index >= 15 is 0 Å². The van der Waals surface area contributed by atoms with Crippen LogP contribution in [0.15, 0.2) is 18.2 Å². The van der Waals surface area contributed by atoms with Crippen LogP contribution < -0.4 is 21.5 Å². The van der Waals surface area contributed by atoms with Crippen LogP contribution in [-0.2, 0) is 4.79 Å². The molecule has 112 valence electrons. The van der Waals surface area contributed by atoms with Crippen molar-refractivity contribution in [1.82, 2.24) is 16.2 Å². The number of thiocarbonyl (C=S) groups is 2. The van der Waals surface area contributed by atoms with Crippen LogP contribution in [0.25, 0.3) is 0 Å². The third kappa shape index (κ3) is 4.80. The third-order valence-corrected chi connectivity index (χ3v) is 3.81. The summed E-state index contributed by atoms with van der Waals surface area (Å²) in [5.41, 5.74) is 7.07. The van der Waals surface area contributed by atoms with Gasteiger partial charge in [-0.2, -0.15) is 0 Å². The maximum Gasteiger partial charge on any atom is 0.229 e. The first-order valence-electron chi connectivity index (χ1n) is 6.40. The first-order chi connectivity index (χ1) is 9.97. The second-order valence-corrected chi connectivity index (χ2v) is 5.93. The molecule has 8 heteroatoms. The Morgan fingerprint density at radius 1 is 1.24 bits per heavy atom. The van der Waals surface area contributed by atoms with Crippen molar-refractivity contribution in [2.45, 2.75) is 19.8 Å².